The Morgan fingerprint density at radius 1 is 1.38 bits per heavy atom. The number of rotatable bonds is 1. The topological polar surface area (TPSA) is 19.9 Å². The minimum Gasteiger partial charge on any atom is -0.295 e. The summed E-state index contributed by atoms with van der Waals surface area (Å²) in [5, 5.41) is 10.4. The first-order valence-electron chi connectivity index (χ1n) is 2.65. The van der Waals surface area contributed by atoms with Crippen LogP contribution in [0.15, 0.2) is 23.5 Å². The Bertz CT molecular complexity index is 116. The molecule has 1 heteroatoms. The van der Waals surface area contributed by atoms with E-state index < -0.39 is 0 Å². The lowest BCUT2D eigenvalue weighted by molar-refractivity contribution is 0.296. The molecule has 0 N–H and O–H groups in total. The second-order valence-corrected chi connectivity index (χ2v) is 1.74. The second kappa shape index (κ2) is 3.30. The van der Waals surface area contributed by atoms with E-state index in [0.717, 1.165) is 5.57 Å². The maximum absolute atomic E-state index is 10.4. The molecular formula is C7H11O. The highest BCUT2D eigenvalue weighted by atomic mass is 16.3. The van der Waals surface area contributed by atoms with Crippen molar-refractivity contribution in [3.05, 3.63) is 23.5 Å². The first-order chi connectivity index (χ1) is 3.68. The Balaban J connectivity index is 4.00. The van der Waals surface area contributed by atoms with Crippen LogP contribution in [0.3, 0.4) is 0 Å². The first kappa shape index (κ1) is 7.28. The predicted octanol–water partition coefficient (Wildman–Crippen LogP) is 2.29. The fraction of sp³-hybridized carbons (Fsp3) is 0.429. The van der Waals surface area contributed by atoms with Crippen molar-refractivity contribution in [2.24, 2.45) is 0 Å². The van der Waals surface area contributed by atoms with E-state index in [1.54, 1.807) is 6.92 Å². The summed E-state index contributed by atoms with van der Waals surface area (Å²) < 4.78 is 0. The fourth-order valence-electron chi connectivity index (χ4n) is 0.367. The largest absolute Gasteiger partial charge is 0.295 e. The van der Waals surface area contributed by atoms with E-state index in [-0.39, 0.29) is 5.76 Å². The van der Waals surface area contributed by atoms with Gasteiger partial charge in [-0.15, -0.1) is 0 Å². The van der Waals surface area contributed by atoms with Crippen LogP contribution in [0.25, 0.3) is 0 Å². The third-order valence-corrected chi connectivity index (χ3v) is 0.972. The van der Waals surface area contributed by atoms with Gasteiger partial charge in [0.2, 0.25) is 0 Å². The highest BCUT2D eigenvalue weighted by Crippen LogP contribution is 2.00. The van der Waals surface area contributed by atoms with Crippen molar-refractivity contribution < 1.29 is 5.11 Å². The van der Waals surface area contributed by atoms with Crippen LogP contribution >= 0.6 is 0 Å². The van der Waals surface area contributed by atoms with Crippen molar-refractivity contribution in [2.75, 3.05) is 0 Å². The van der Waals surface area contributed by atoms with E-state index in [1.165, 1.54) is 0 Å². The molecule has 0 unspecified atom stereocenters. The quantitative estimate of drug-likeness (QED) is 0.365. The molecule has 0 amide bonds. The number of hydrogen-bond donors (Lipinski definition) is 0. The first-order valence-corrected chi connectivity index (χ1v) is 2.65. The Morgan fingerprint density at radius 3 is 2.00 bits per heavy atom. The summed E-state index contributed by atoms with van der Waals surface area (Å²) >= 11 is 0. The van der Waals surface area contributed by atoms with Crippen molar-refractivity contribution in [3.8, 4) is 0 Å². The molecule has 0 spiro atoms. The van der Waals surface area contributed by atoms with Gasteiger partial charge in [0.05, 0.1) is 0 Å². The van der Waals surface area contributed by atoms with Crippen LogP contribution in [-0.4, -0.2) is 0 Å². The summed E-state index contributed by atoms with van der Waals surface area (Å²) in [5.74, 6) is 0.142. The molecule has 0 aromatic heterocycles. The standard InChI is InChI=1S/C7H11O/c1-4-5-6(2)7(3)8/h4-5H,1-3H3/b5-4+,7-6+. The zero-order valence-corrected chi connectivity index (χ0v) is 5.56. The average Bonchev–Trinajstić information content (AvgIpc) is 1.67. The number of hydrogen-bond acceptors (Lipinski definition) is 0. The molecule has 0 aliphatic carbocycles. The zero-order valence-electron chi connectivity index (χ0n) is 5.56. The summed E-state index contributed by atoms with van der Waals surface area (Å²) in [6, 6.07) is 0. The van der Waals surface area contributed by atoms with E-state index in [4.69, 9.17) is 0 Å². The van der Waals surface area contributed by atoms with Crippen LogP contribution in [-0.2, 0) is 5.11 Å². The zero-order chi connectivity index (χ0) is 6.57. The second-order valence-electron chi connectivity index (χ2n) is 1.74. The van der Waals surface area contributed by atoms with Gasteiger partial charge in [0.1, 0.15) is 0 Å². The Kier molecular flexibility index (Phi) is 3.01. The third kappa shape index (κ3) is 2.45. The maximum atomic E-state index is 10.4. The molecule has 0 saturated heterocycles. The molecule has 1 nitrogen and oxygen atoms in total. The molecule has 0 aliphatic heterocycles. The van der Waals surface area contributed by atoms with Gasteiger partial charge in [-0.25, -0.2) is 0 Å². The van der Waals surface area contributed by atoms with Crippen LogP contribution in [0.4, 0.5) is 0 Å². The molecule has 8 heavy (non-hydrogen) atoms. The van der Waals surface area contributed by atoms with Crippen molar-refractivity contribution in [1.82, 2.24) is 0 Å². The Hall–Kier alpha value is -0.720. The summed E-state index contributed by atoms with van der Waals surface area (Å²) in [4.78, 5) is 0. The Labute approximate surface area is 50.3 Å². The molecule has 1 radical (unpaired) electrons. The lowest BCUT2D eigenvalue weighted by Crippen LogP contribution is -1.73. The van der Waals surface area contributed by atoms with Gasteiger partial charge in [-0.3, -0.25) is 5.11 Å². The van der Waals surface area contributed by atoms with Crippen molar-refractivity contribution in [1.29, 1.82) is 0 Å². The van der Waals surface area contributed by atoms with Gasteiger partial charge in [-0.05, 0) is 26.3 Å². The summed E-state index contributed by atoms with van der Waals surface area (Å²) in [5.41, 5.74) is 0.813. The van der Waals surface area contributed by atoms with Crippen LogP contribution < -0.4 is 0 Å². The lowest BCUT2D eigenvalue weighted by Gasteiger charge is -1.86. The van der Waals surface area contributed by atoms with Crippen molar-refractivity contribution >= 4 is 0 Å². The van der Waals surface area contributed by atoms with Gasteiger partial charge >= 0.3 is 0 Å². The molecule has 0 rings (SSSR count). The molecular weight excluding hydrogens is 100 g/mol. The Morgan fingerprint density at radius 2 is 1.88 bits per heavy atom. The minimum atomic E-state index is 0.142. The molecule has 0 fully saturated rings. The van der Waals surface area contributed by atoms with Crippen molar-refractivity contribution in [3.63, 3.8) is 0 Å². The highest BCUT2D eigenvalue weighted by Gasteiger charge is 1.87. The van der Waals surface area contributed by atoms with E-state index in [2.05, 4.69) is 0 Å². The summed E-state index contributed by atoms with van der Waals surface area (Å²) in [7, 11) is 0. The molecule has 0 aromatic carbocycles. The lowest BCUT2D eigenvalue weighted by atomic mass is 10.2. The van der Waals surface area contributed by atoms with Gasteiger partial charge in [0, 0.05) is 0 Å². The van der Waals surface area contributed by atoms with Crippen molar-refractivity contribution in [2.45, 2.75) is 20.8 Å². The summed E-state index contributed by atoms with van der Waals surface area (Å²) in [6.45, 7) is 5.27. The van der Waals surface area contributed by atoms with E-state index in [0.29, 0.717) is 0 Å². The highest BCUT2D eigenvalue weighted by molar-refractivity contribution is 5.16. The van der Waals surface area contributed by atoms with E-state index >= 15 is 0 Å². The average molecular weight is 111 g/mol. The number of allylic oxidation sites excluding steroid dienone is 4. The SMILES string of the molecule is C/C=C/C(C)=C(\C)[O]. The van der Waals surface area contributed by atoms with Gasteiger partial charge in [0.15, 0.2) is 5.76 Å². The fourth-order valence-corrected chi connectivity index (χ4v) is 0.367. The molecule has 0 atom stereocenters. The predicted molar refractivity (Wildman–Crippen MR) is 33.9 cm³/mol. The van der Waals surface area contributed by atoms with Crippen LogP contribution in [0.2, 0.25) is 0 Å². The smallest absolute Gasteiger partial charge is 0.155 e. The molecule has 0 saturated carbocycles. The van der Waals surface area contributed by atoms with E-state index in [9.17, 15) is 5.11 Å². The van der Waals surface area contributed by atoms with Gasteiger partial charge in [0.25, 0.3) is 0 Å². The maximum Gasteiger partial charge on any atom is 0.155 e. The van der Waals surface area contributed by atoms with E-state index in [1.807, 2.05) is 26.0 Å². The molecule has 0 aromatic rings. The molecule has 0 bridgehead atoms. The van der Waals surface area contributed by atoms with Gasteiger partial charge < -0.3 is 0 Å². The molecule has 0 heterocycles. The third-order valence-electron chi connectivity index (χ3n) is 0.972. The summed E-state index contributed by atoms with van der Waals surface area (Å²) in [6.07, 6.45) is 3.67. The monoisotopic (exact) mass is 111 g/mol. The minimum absolute atomic E-state index is 0.142. The molecule has 0 aliphatic rings. The van der Waals surface area contributed by atoms with Gasteiger partial charge in [-0.2, -0.15) is 0 Å². The van der Waals surface area contributed by atoms with Gasteiger partial charge in [-0.1, -0.05) is 12.2 Å². The van der Waals surface area contributed by atoms with Crippen LogP contribution in [0, 0.1) is 0 Å². The van der Waals surface area contributed by atoms with Crippen LogP contribution in [0.5, 0.6) is 0 Å². The molecule has 45 valence electrons. The normalized spacial score (nSPS) is 14.4. The van der Waals surface area contributed by atoms with Crippen LogP contribution in [0.1, 0.15) is 20.8 Å².